The summed E-state index contributed by atoms with van der Waals surface area (Å²) in [6.45, 7) is 7.64. The zero-order valence-corrected chi connectivity index (χ0v) is 13.6. The summed E-state index contributed by atoms with van der Waals surface area (Å²) in [5.74, 6) is 0.590. The van der Waals surface area contributed by atoms with Gasteiger partial charge in [-0.1, -0.05) is 12.1 Å². The molecule has 1 aliphatic rings. The normalized spacial score (nSPS) is 22.3. The summed E-state index contributed by atoms with van der Waals surface area (Å²) in [7, 11) is 1.40. The van der Waals surface area contributed by atoms with Crippen molar-refractivity contribution in [3.8, 4) is 5.75 Å². The third-order valence-corrected chi connectivity index (χ3v) is 3.67. The van der Waals surface area contributed by atoms with E-state index in [0.717, 1.165) is 30.9 Å². The van der Waals surface area contributed by atoms with Crippen molar-refractivity contribution in [2.75, 3.05) is 33.4 Å². The number of methoxy groups -OCH3 is 1. The smallest absolute Gasteiger partial charge is 0.309 e. The minimum absolute atomic E-state index is 0.232. The first kappa shape index (κ1) is 16.8. The summed E-state index contributed by atoms with van der Waals surface area (Å²) < 4.78 is 16.1. The highest BCUT2D eigenvalue weighted by Gasteiger charge is 2.21. The van der Waals surface area contributed by atoms with E-state index in [9.17, 15) is 4.79 Å². The number of rotatable bonds is 6. The standard InChI is InChI=1S/C17H25NO4/c1-13-11-18(12-14(2)22-13)8-9-21-16-6-4-15(5-7-16)10-17(19)20-3/h4-7,13-14H,8-12H2,1-3H3/t13-,14-/m1/s1. The molecule has 0 saturated carbocycles. The molecule has 1 heterocycles. The lowest BCUT2D eigenvalue weighted by Gasteiger charge is -2.35. The highest BCUT2D eigenvalue weighted by molar-refractivity contribution is 5.72. The third-order valence-electron chi connectivity index (χ3n) is 3.67. The van der Waals surface area contributed by atoms with E-state index in [1.54, 1.807) is 0 Å². The minimum atomic E-state index is -0.232. The lowest BCUT2D eigenvalue weighted by molar-refractivity contribution is -0.139. The van der Waals surface area contributed by atoms with Gasteiger partial charge in [-0.2, -0.15) is 0 Å². The Morgan fingerprint density at radius 2 is 1.86 bits per heavy atom. The summed E-state index contributed by atoms with van der Waals surface area (Å²) in [6, 6.07) is 7.57. The van der Waals surface area contributed by atoms with Gasteiger partial charge in [0, 0.05) is 19.6 Å². The van der Waals surface area contributed by atoms with Crippen molar-refractivity contribution in [3.05, 3.63) is 29.8 Å². The van der Waals surface area contributed by atoms with Crippen LogP contribution >= 0.6 is 0 Å². The molecule has 0 radical (unpaired) electrons. The van der Waals surface area contributed by atoms with Gasteiger partial charge in [0.2, 0.25) is 0 Å². The van der Waals surface area contributed by atoms with E-state index < -0.39 is 0 Å². The molecule has 0 spiro atoms. The Labute approximate surface area is 132 Å². The molecule has 0 aliphatic carbocycles. The van der Waals surface area contributed by atoms with Crippen LogP contribution in [0.25, 0.3) is 0 Å². The topological polar surface area (TPSA) is 48.0 Å². The molecule has 0 bridgehead atoms. The van der Waals surface area contributed by atoms with Crippen LogP contribution in [0.5, 0.6) is 5.75 Å². The lowest BCUT2D eigenvalue weighted by atomic mass is 10.1. The molecule has 5 nitrogen and oxygen atoms in total. The van der Waals surface area contributed by atoms with Crippen molar-refractivity contribution in [1.29, 1.82) is 0 Å². The largest absolute Gasteiger partial charge is 0.492 e. The molecular weight excluding hydrogens is 282 g/mol. The van der Waals surface area contributed by atoms with Crippen molar-refractivity contribution in [2.45, 2.75) is 32.5 Å². The number of morpholine rings is 1. The maximum Gasteiger partial charge on any atom is 0.309 e. The van der Waals surface area contributed by atoms with Crippen LogP contribution in [0.2, 0.25) is 0 Å². The van der Waals surface area contributed by atoms with Gasteiger partial charge in [0.15, 0.2) is 0 Å². The van der Waals surface area contributed by atoms with Gasteiger partial charge in [0.1, 0.15) is 12.4 Å². The number of nitrogens with zero attached hydrogens (tertiary/aromatic N) is 1. The average molecular weight is 307 g/mol. The molecular formula is C17H25NO4. The Balaban J connectivity index is 1.74. The Kier molecular flexibility index (Phi) is 6.21. The zero-order valence-electron chi connectivity index (χ0n) is 13.6. The van der Waals surface area contributed by atoms with E-state index in [1.165, 1.54) is 7.11 Å². The van der Waals surface area contributed by atoms with Crippen LogP contribution in [0.3, 0.4) is 0 Å². The second kappa shape index (κ2) is 8.15. The molecule has 1 saturated heterocycles. The van der Waals surface area contributed by atoms with Crippen molar-refractivity contribution in [3.63, 3.8) is 0 Å². The maximum atomic E-state index is 11.2. The number of hydrogen-bond acceptors (Lipinski definition) is 5. The molecule has 2 atom stereocenters. The van der Waals surface area contributed by atoms with Gasteiger partial charge in [-0.25, -0.2) is 0 Å². The van der Waals surface area contributed by atoms with Crippen LogP contribution in [0.1, 0.15) is 19.4 Å². The second-order valence-electron chi connectivity index (χ2n) is 5.76. The molecule has 22 heavy (non-hydrogen) atoms. The molecule has 1 fully saturated rings. The number of hydrogen-bond donors (Lipinski definition) is 0. The fourth-order valence-electron chi connectivity index (χ4n) is 2.70. The van der Waals surface area contributed by atoms with Crippen LogP contribution in [0.4, 0.5) is 0 Å². The molecule has 0 N–H and O–H groups in total. The molecule has 2 rings (SSSR count). The number of ether oxygens (including phenoxy) is 3. The molecule has 0 unspecified atom stereocenters. The van der Waals surface area contributed by atoms with Gasteiger partial charge in [-0.05, 0) is 31.5 Å². The summed E-state index contributed by atoms with van der Waals surface area (Å²) in [5.41, 5.74) is 0.926. The number of carbonyl (C=O) groups excluding carboxylic acids is 1. The average Bonchev–Trinajstić information content (AvgIpc) is 2.48. The van der Waals surface area contributed by atoms with Crippen LogP contribution in [0, 0.1) is 0 Å². The van der Waals surface area contributed by atoms with E-state index in [2.05, 4.69) is 23.5 Å². The second-order valence-corrected chi connectivity index (χ2v) is 5.76. The summed E-state index contributed by atoms with van der Waals surface area (Å²) >= 11 is 0. The fourth-order valence-corrected chi connectivity index (χ4v) is 2.70. The van der Waals surface area contributed by atoms with Crippen molar-refractivity contribution in [1.82, 2.24) is 4.90 Å². The van der Waals surface area contributed by atoms with Crippen molar-refractivity contribution < 1.29 is 19.0 Å². The Morgan fingerprint density at radius 1 is 1.23 bits per heavy atom. The SMILES string of the molecule is COC(=O)Cc1ccc(OCCN2C[C@@H](C)O[C@H](C)C2)cc1. The first-order valence-corrected chi connectivity index (χ1v) is 7.73. The molecule has 0 amide bonds. The predicted molar refractivity (Wildman–Crippen MR) is 84.1 cm³/mol. The van der Waals surface area contributed by atoms with E-state index in [-0.39, 0.29) is 18.2 Å². The van der Waals surface area contributed by atoms with Gasteiger partial charge < -0.3 is 14.2 Å². The Morgan fingerprint density at radius 3 is 2.45 bits per heavy atom. The quantitative estimate of drug-likeness (QED) is 0.751. The fraction of sp³-hybridized carbons (Fsp3) is 0.588. The highest BCUT2D eigenvalue weighted by Crippen LogP contribution is 2.14. The van der Waals surface area contributed by atoms with Gasteiger partial charge in [-0.3, -0.25) is 9.69 Å². The van der Waals surface area contributed by atoms with E-state index in [4.69, 9.17) is 9.47 Å². The summed E-state index contributed by atoms with van der Waals surface area (Å²) in [6.07, 6.45) is 0.850. The Hall–Kier alpha value is -1.59. The van der Waals surface area contributed by atoms with Crippen LogP contribution in [0.15, 0.2) is 24.3 Å². The van der Waals surface area contributed by atoms with E-state index >= 15 is 0 Å². The van der Waals surface area contributed by atoms with Crippen molar-refractivity contribution >= 4 is 5.97 Å². The number of carbonyl (C=O) groups is 1. The van der Waals surface area contributed by atoms with Crippen LogP contribution < -0.4 is 4.74 Å². The van der Waals surface area contributed by atoms with E-state index in [0.29, 0.717) is 13.0 Å². The highest BCUT2D eigenvalue weighted by atomic mass is 16.5. The van der Waals surface area contributed by atoms with Crippen LogP contribution in [-0.4, -0.2) is 56.4 Å². The van der Waals surface area contributed by atoms with Gasteiger partial charge in [-0.15, -0.1) is 0 Å². The molecule has 122 valence electrons. The number of benzene rings is 1. The van der Waals surface area contributed by atoms with Gasteiger partial charge in [0.05, 0.1) is 25.7 Å². The van der Waals surface area contributed by atoms with Gasteiger partial charge >= 0.3 is 5.97 Å². The van der Waals surface area contributed by atoms with Gasteiger partial charge in [0.25, 0.3) is 0 Å². The first-order valence-electron chi connectivity index (χ1n) is 7.73. The molecule has 0 aromatic heterocycles. The maximum absolute atomic E-state index is 11.2. The molecule has 5 heteroatoms. The number of esters is 1. The predicted octanol–water partition coefficient (Wildman–Crippen LogP) is 1.89. The van der Waals surface area contributed by atoms with E-state index in [1.807, 2.05) is 24.3 Å². The Bertz CT molecular complexity index is 464. The molecule has 1 aliphatic heterocycles. The van der Waals surface area contributed by atoms with Crippen LogP contribution in [-0.2, 0) is 20.7 Å². The third kappa shape index (κ3) is 5.31. The van der Waals surface area contributed by atoms with Crippen molar-refractivity contribution in [2.24, 2.45) is 0 Å². The summed E-state index contributed by atoms with van der Waals surface area (Å²) in [4.78, 5) is 13.6. The molecule has 1 aromatic carbocycles. The minimum Gasteiger partial charge on any atom is -0.492 e. The zero-order chi connectivity index (χ0) is 15.9. The summed E-state index contributed by atoms with van der Waals surface area (Å²) in [5, 5.41) is 0. The monoisotopic (exact) mass is 307 g/mol. The molecule has 1 aromatic rings. The first-order chi connectivity index (χ1) is 10.6. The lowest BCUT2D eigenvalue weighted by Crippen LogP contribution is -2.46.